The zero-order chi connectivity index (χ0) is 22.5. The fourth-order valence-electron chi connectivity index (χ4n) is 3.24. The number of allylic oxidation sites excluding steroid dienone is 1. The Labute approximate surface area is 184 Å². The number of benzene rings is 4. The average molecular weight is 428 g/mol. The molecule has 0 aliphatic heterocycles. The van der Waals surface area contributed by atoms with Crippen LogP contribution in [0.1, 0.15) is 18.1 Å². The molecule has 4 aromatic rings. The second-order valence-corrected chi connectivity index (χ2v) is 7.18. The number of ether oxygens (including phenoxy) is 1. The molecule has 32 heavy (non-hydrogen) atoms. The van der Waals surface area contributed by atoms with Gasteiger partial charge in [-0.2, -0.15) is 0 Å². The Balaban J connectivity index is 1.54. The lowest BCUT2D eigenvalue weighted by atomic mass is 10.0. The molecule has 0 N–H and O–H groups in total. The molecule has 0 spiro atoms. The average Bonchev–Trinajstić information content (AvgIpc) is 2.80. The largest absolute Gasteiger partial charge is 0.490 e. The number of fused-ring (bicyclic) bond motifs is 1. The summed E-state index contributed by atoms with van der Waals surface area (Å²) in [5, 5.41) is 1.10. The fraction of sp³-hybridized carbons (Fsp3) is 0.0714. The summed E-state index contributed by atoms with van der Waals surface area (Å²) in [7, 11) is 0. The van der Waals surface area contributed by atoms with Crippen LogP contribution in [0.15, 0.2) is 84.9 Å². The van der Waals surface area contributed by atoms with Gasteiger partial charge in [-0.1, -0.05) is 48.3 Å². The molecule has 0 amide bonds. The Bertz CT molecular complexity index is 1360. The summed E-state index contributed by atoms with van der Waals surface area (Å²) in [6, 6.07) is 19.6. The van der Waals surface area contributed by atoms with Gasteiger partial charge in [0.2, 0.25) is 0 Å². The van der Waals surface area contributed by atoms with Gasteiger partial charge in [0.25, 0.3) is 0 Å². The van der Waals surface area contributed by atoms with Crippen LogP contribution in [-0.2, 0) is 0 Å². The van der Waals surface area contributed by atoms with E-state index in [-0.39, 0.29) is 5.56 Å². The first-order valence-electron chi connectivity index (χ1n) is 10.1. The molecule has 0 aliphatic rings. The second kappa shape index (κ2) is 9.45. The van der Waals surface area contributed by atoms with Crippen LogP contribution in [0.3, 0.4) is 0 Å². The van der Waals surface area contributed by atoms with Crippen molar-refractivity contribution in [3.63, 3.8) is 0 Å². The van der Waals surface area contributed by atoms with Crippen molar-refractivity contribution in [3.05, 3.63) is 114 Å². The molecule has 4 heteroatoms. The number of hydrogen-bond donors (Lipinski definition) is 0. The van der Waals surface area contributed by atoms with Crippen molar-refractivity contribution in [1.82, 2.24) is 0 Å². The summed E-state index contributed by atoms with van der Waals surface area (Å²) < 4.78 is 47.1. The van der Waals surface area contributed by atoms with Gasteiger partial charge < -0.3 is 4.74 Å². The first kappa shape index (κ1) is 21.3. The lowest BCUT2D eigenvalue weighted by molar-refractivity contribution is 0.363. The zero-order valence-electron chi connectivity index (χ0n) is 17.3. The van der Waals surface area contributed by atoms with E-state index in [4.69, 9.17) is 4.74 Å². The first-order chi connectivity index (χ1) is 15.5. The Kier molecular flexibility index (Phi) is 6.28. The second-order valence-electron chi connectivity index (χ2n) is 7.18. The molecule has 0 atom stereocenters. The van der Waals surface area contributed by atoms with Crippen LogP contribution in [0.5, 0.6) is 5.75 Å². The van der Waals surface area contributed by atoms with Gasteiger partial charge in [-0.15, -0.1) is 0 Å². The van der Waals surface area contributed by atoms with Crippen molar-refractivity contribution in [2.75, 3.05) is 6.61 Å². The molecule has 0 saturated heterocycles. The normalized spacial score (nSPS) is 10.9. The van der Waals surface area contributed by atoms with E-state index >= 15 is 0 Å². The van der Waals surface area contributed by atoms with Gasteiger partial charge >= 0.3 is 0 Å². The van der Waals surface area contributed by atoms with Crippen LogP contribution in [0.4, 0.5) is 13.2 Å². The van der Waals surface area contributed by atoms with Crippen LogP contribution in [0.2, 0.25) is 0 Å². The SMILES string of the molecule is C/C=C/COc1ccc(-c2ccc(C#Cc3ccc4cc(F)c(F)cc4c3)c(F)c2)cc1. The topological polar surface area (TPSA) is 9.23 Å². The number of hydrogen-bond acceptors (Lipinski definition) is 1. The summed E-state index contributed by atoms with van der Waals surface area (Å²) in [6.45, 7) is 2.43. The van der Waals surface area contributed by atoms with Crippen molar-refractivity contribution >= 4 is 10.8 Å². The Morgan fingerprint density at radius 2 is 1.44 bits per heavy atom. The maximum absolute atomic E-state index is 14.6. The molecule has 0 bridgehead atoms. The van der Waals surface area contributed by atoms with E-state index in [1.54, 1.807) is 30.3 Å². The molecule has 0 heterocycles. The summed E-state index contributed by atoms with van der Waals surface area (Å²) in [5.41, 5.74) is 2.44. The Morgan fingerprint density at radius 1 is 0.719 bits per heavy atom. The van der Waals surface area contributed by atoms with Crippen molar-refractivity contribution in [3.8, 4) is 28.7 Å². The van der Waals surface area contributed by atoms with Gasteiger partial charge in [-0.05, 0) is 77.4 Å². The highest BCUT2D eigenvalue weighted by Crippen LogP contribution is 2.25. The monoisotopic (exact) mass is 428 g/mol. The van der Waals surface area contributed by atoms with Gasteiger partial charge in [-0.3, -0.25) is 0 Å². The van der Waals surface area contributed by atoms with E-state index in [0.29, 0.717) is 22.9 Å². The molecule has 1 nitrogen and oxygen atoms in total. The summed E-state index contributed by atoms with van der Waals surface area (Å²) in [5.74, 6) is 4.21. The van der Waals surface area contributed by atoms with Gasteiger partial charge in [0.1, 0.15) is 18.2 Å². The quantitative estimate of drug-likeness (QED) is 0.245. The van der Waals surface area contributed by atoms with Crippen LogP contribution in [0, 0.1) is 29.3 Å². The predicted octanol–water partition coefficient (Wildman–Crippen LogP) is 7.28. The van der Waals surface area contributed by atoms with Crippen LogP contribution in [0.25, 0.3) is 21.9 Å². The van der Waals surface area contributed by atoms with E-state index in [1.165, 1.54) is 6.07 Å². The zero-order valence-corrected chi connectivity index (χ0v) is 17.3. The maximum Gasteiger partial charge on any atom is 0.159 e. The van der Waals surface area contributed by atoms with E-state index in [1.807, 2.05) is 43.3 Å². The van der Waals surface area contributed by atoms with Crippen molar-refractivity contribution < 1.29 is 17.9 Å². The molecule has 0 aromatic heterocycles. The maximum atomic E-state index is 14.6. The van der Waals surface area contributed by atoms with Crippen molar-refractivity contribution in [2.24, 2.45) is 0 Å². The highest BCUT2D eigenvalue weighted by atomic mass is 19.2. The number of halogens is 3. The van der Waals surface area contributed by atoms with E-state index < -0.39 is 17.5 Å². The van der Waals surface area contributed by atoms with Crippen LogP contribution < -0.4 is 4.74 Å². The minimum atomic E-state index is -0.915. The van der Waals surface area contributed by atoms with Crippen molar-refractivity contribution in [2.45, 2.75) is 6.92 Å². The minimum Gasteiger partial charge on any atom is -0.490 e. The third-order valence-electron chi connectivity index (χ3n) is 4.96. The van der Waals surface area contributed by atoms with Gasteiger partial charge in [-0.25, -0.2) is 13.2 Å². The Morgan fingerprint density at radius 3 is 2.16 bits per heavy atom. The summed E-state index contributed by atoms with van der Waals surface area (Å²) in [6.07, 6.45) is 3.83. The molecule has 4 rings (SSSR count). The lowest BCUT2D eigenvalue weighted by Gasteiger charge is -2.06. The van der Waals surface area contributed by atoms with Gasteiger partial charge in [0.15, 0.2) is 11.6 Å². The van der Waals surface area contributed by atoms with Gasteiger partial charge in [0.05, 0.1) is 5.56 Å². The molecule has 0 unspecified atom stereocenters. The summed E-state index contributed by atoms with van der Waals surface area (Å²) >= 11 is 0. The molecule has 0 aliphatic carbocycles. The van der Waals surface area contributed by atoms with Gasteiger partial charge in [0, 0.05) is 5.56 Å². The third kappa shape index (κ3) is 4.84. The molecule has 0 saturated carbocycles. The van der Waals surface area contributed by atoms with E-state index in [9.17, 15) is 13.2 Å². The Hall–Kier alpha value is -3.97. The highest BCUT2D eigenvalue weighted by Gasteiger charge is 2.06. The standard InChI is InChI=1S/C28H19F3O/c1-2-3-14-32-25-12-10-20(11-13-25)22-9-8-21(26(29)16-22)6-4-19-5-7-23-17-27(30)28(31)18-24(23)15-19/h2-3,5,7-13,15-18H,14H2,1H3/b3-2+. The van der Waals surface area contributed by atoms with Crippen LogP contribution in [-0.4, -0.2) is 6.61 Å². The fourth-order valence-corrected chi connectivity index (χ4v) is 3.24. The van der Waals surface area contributed by atoms with E-state index in [2.05, 4.69) is 11.8 Å². The lowest BCUT2D eigenvalue weighted by Crippen LogP contribution is -1.92. The third-order valence-corrected chi connectivity index (χ3v) is 4.96. The molecule has 0 radical (unpaired) electrons. The first-order valence-corrected chi connectivity index (χ1v) is 10.1. The molecule has 4 aromatic carbocycles. The van der Waals surface area contributed by atoms with E-state index in [0.717, 1.165) is 29.0 Å². The summed E-state index contributed by atoms with van der Waals surface area (Å²) in [4.78, 5) is 0. The predicted molar refractivity (Wildman–Crippen MR) is 122 cm³/mol. The molecule has 158 valence electrons. The number of rotatable bonds is 4. The molecular weight excluding hydrogens is 409 g/mol. The van der Waals surface area contributed by atoms with Crippen LogP contribution >= 0.6 is 0 Å². The minimum absolute atomic E-state index is 0.255. The molecular formula is C28H19F3O. The highest BCUT2D eigenvalue weighted by molar-refractivity contribution is 5.84. The van der Waals surface area contributed by atoms with Crippen molar-refractivity contribution in [1.29, 1.82) is 0 Å². The smallest absolute Gasteiger partial charge is 0.159 e. The molecule has 0 fully saturated rings.